The number of hydrogen-bond donors (Lipinski definition) is 1. The monoisotopic (exact) mass is 497 g/mol. The summed E-state index contributed by atoms with van der Waals surface area (Å²) >= 11 is 0. The second kappa shape index (κ2) is 12.1. The SMILES string of the molecule is C=C(C)N=CC(=NC)c1cc(C(=N)CCC(=O)C2(C(C)C)CC2)ccc1C1=CC=C(OCC)C(=C)C=C1. The van der Waals surface area contributed by atoms with E-state index in [-0.39, 0.29) is 5.41 Å². The maximum Gasteiger partial charge on any atom is 0.139 e. The summed E-state index contributed by atoms with van der Waals surface area (Å²) in [5.74, 6) is 1.38. The van der Waals surface area contributed by atoms with Crippen LogP contribution < -0.4 is 0 Å². The lowest BCUT2D eigenvalue weighted by Crippen LogP contribution is -2.22. The van der Waals surface area contributed by atoms with E-state index in [9.17, 15) is 4.79 Å². The molecule has 0 atom stereocenters. The molecule has 0 saturated heterocycles. The summed E-state index contributed by atoms with van der Waals surface area (Å²) in [5.41, 5.74) is 6.02. The molecule has 37 heavy (non-hydrogen) atoms. The van der Waals surface area contributed by atoms with Gasteiger partial charge < -0.3 is 10.1 Å². The first-order chi connectivity index (χ1) is 17.6. The molecule has 3 rings (SSSR count). The lowest BCUT2D eigenvalue weighted by Gasteiger charge is -2.18. The third kappa shape index (κ3) is 6.59. The fourth-order valence-corrected chi connectivity index (χ4v) is 4.64. The summed E-state index contributed by atoms with van der Waals surface area (Å²) in [7, 11) is 1.73. The van der Waals surface area contributed by atoms with Crippen molar-refractivity contribution in [2.45, 2.75) is 53.4 Å². The van der Waals surface area contributed by atoms with Gasteiger partial charge in [0.1, 0.15) is 11.5 Å². The van der Waals surface area contributed by atoms with E-state index < -0.39 is 0 Å². The molecule has 0 aromatic heterocycles. The van der Waals surface area contributed by atoms with Gasteiger partial charge in [0.2, 0.25) is 0 Å². The molecule has 2 aliphatic rings. The molecule has 0 bridgehead atoms. The van der Waals surface area contributed by atoms with Crippen LogP contribution in [-0.4, -0.2) is 37.1 Å². The van der Waals surface area contributed by atoms with E-state index in [1.807, 2.05) is 56.4 Å². The van der Waals surface area contributed by atoms with Gasteiger partial charge in [0.15, 0.2) is 0 Å². The van der Waals surface area contributed by atoms with Gasteiger partial charge in [-0.1, -0.05) is 57.4 Å². The molecule has 1 fully saturated rings. The van der Waals surface area contributed by atoms with Crippen LogP contribution in [0.1, 0.15) is 70.1 Å². The predicted octanol–water partition coefficient (Wildman–Crippen LogP) is 7.29. The molecule has 0 radical (unpaired) electrons. The smallest absolute Gasteiger partial charge is 0.139 e. The van der Waals surface area contributed by atoms with Gasteiger partial charge in [-0.05, 0) is 67.9 Å². The van der Waals surface area contributed by atoms with Crippen LogP contribution in [0.2, 0.25) is 0 Å². The number of nitrogens with zero attached hydrogens (tertiary/aromatic N) is 2. The normalized spacial score (nSPS) is 16.9. The van der Waals surface area contributed by atoms with Crippen molar-refractivity contribution in [3.05, 3.63) is 89.4 Å². The van der Waals surface area contributed by atoms with Crippen molar-refractivity contribution < 1.29 is 9.53 Å². The van der Waals surface area contributed by atoms with Crippen LogP contribution in [-0.2, 0) is 9.53 Å². The summed E-state index contributed by atoms with van der Waals surface area (Å²) in [6.07, 6.45) is 12.4. The highest BCUT2D eigenvalue weighted by Crippen LogP contribution is 2.53. The minimum Gasteiger partial charge on any atom is -0.493 e. The van der Waals surface area contributed by atoms with Crippen molar-refractivity contribution in [3.63, 3.8) is 0 Å². The van der Waals surface area contributed by atoms with Gasteiger partial charge in [0, 0.05) is 41.4 Å². The minimum atomic E-state index is -0.160. The molecular formula is C32H39N3O2. The maximum atomic E-state index is 12.9. The number of hydrogen-bond acceptors (Lipinski definition) is 5. The quantitative estimate of drug-likeness (QED) is 0.308. The number of rotatable bonds is 12. The molecule has 0 heterocycles. The Morgan fingerprint density at radius 1 is 1.22 bits per heavy atom. The molecule has 194 valence electrons. The fraction of sp³-hybridized carbons (Fsp3) is 0.375. The number of benzene rings is 1. The Morgan fingerprint density at radius 3 is 2.54 bits per heavy atom. The molecule has 0 spiro atoms. The molecule has 1 aromatic rings. The minimum absolute atomic E-state index is 0.160. The fourth-order valence-electron chi connectivity index (χ4n) is 4.64. The van der Waals surface area contributed by atoms with Gasteiger partial charge in [-0.2, -0.15) is 0 Å². The molecule has 1 N–H and O–H groups in total. The molecule has 5 nitrogen and oxygen atoms in total. The number of ether oxygens (including phenoxy) is 1. The molecule has 1 aromatic carbocycles. The van der Waals surface area contributed by atoms with Crippen LogP contribution in [0.5, 0.6) is 0 Å². The Labute approximate surface area is 221 Å². The molecule has 5 heteroatoms. The Kier molecular flexibility index (Phi) is 9.14. The summed E-state index contributed by atoms with van der Waals surface area (Å²) in [6.45, 7) is 16.6. The van der Waals surface area contributed by atoms with Crippen LogP contribution in [0.4, 0.5) is 0 Å². The van der Waals surface area contributed by atoms with Crippen LogP contribution >= 0.6 is 0 Å². The second-order valence-electron chi connectivity index (χ2n) is 10.0. The topological polar surface area (TPSA) is 74.9 Å². The molecule has 0 amide bonds. The standard InChI is InChI=1S/C32H39N3O2/c1-8-37-30-15-12-24(10-9-23(30)6)26-13-11-25(19-27(26)29(34-7)20-35-22(4)5)28(33)14-16-31(36)32(17-18-32)21(2)3/h9-13,15,19-21,33H,4,6,8,14,16-18H2,1-3,5,7H3. The molecule has 1 saturated carbocycles. The zero-order valence-corrected chi connectivity index (χ0v) is 22.9. The van der Waals surface area contributed by atoms with Crippen LogP contribution in [0, 0.1) is 16.7 Å². The molecule has 0 aliphatic heterocycles. The van der Waals surface area contributed by atoms with E-state index in [0.29, 0.717) is 48.3 Å². The highest BCUT2D eigenvalue weighted by atomic mass is 16.5. The number of carbonyl (C=O) groups is 1. The van der Waals surface area contributed by atoms with Crippen LogP contribution in [0.25, 0.3) is 5.57 Å². The van der Waals surface area contributed by atoms with Crippen molar-refractivity contribution in [1.29, 1.82) is 5.41 Å². The van der Waals surface area contributed by atoms with E-state index in [1.165, 1.54) is 0 Å². The van der Waals surface area contributed by atoms with Crippen molar-refractivity contribution in [1.82, 2.24) is 0 Å². The zero-order valence-electron chi connectivity index (χ0n) is 22.9. The zero-order chi connectivity index (χ0) is 27.2. The number of allylic oxidation sites excluding steroid dienone is 6. The van der Waals surface area contributed by atoms with Gasteiger partial charge in [0.05, 0.1) is 18.5 Å². The summed E-state index contributed by atoms with van der Waals surface area (Å²) in [5, 5.41) is 8.76. The lowest BCUT2D eigenvalue weighted by molar-refractivity contribution is -0.125. The first-order valence-corrected chi connectivity index (χ1v) is 13.0. The van der Waals surface area contributed by atoms with E-state index in [0.717, 1.165) is 46.4 Å². The number of Topliss-reactive ketones (excluding diaryl/α,β-unsaturated/α-hetero) is 1. The Morgan fingerprint density at radius 2 is 1.95 bits per heavy atom. The number of ketones is 1. The lowest BCUT2D eigenvalue weighted by atomic mass is 9.85. The van der Waals surface area contributed by atoms with E-state index in [1.54, 1.807) is 13.3 Å². The summed E-state index contributed by atoms with van der Waals surface area (Å²) < 4.78 is 5.72. The van der Waals surface area contributed by atoms with Gasteiger partial charge >= 0.3 is 0 Å². The highest BCUT2D eigenvalue weighted by molar-refractivity contribution is 6.39. The third-order valence-corrected chi connectivity index (χ3v) is 7.15. The Hall–Kier alpha value is -3.60. The first kappa shape index (κ1) is 28.0. The van der Waals surface area contributed by atoms with E-state index in [4.69, 9.17) is 10.1 Å². The van der Waals surface area contributed by atoms with Crippen molar-refractivity contribution in [3.8, 4) is 0 Å². The Bertz CT molecular complexity index is 1250. The summed E-state index contributed by atoms with van der Waals surface area (Å²) in [6, 6.07) is 5.94. The molecule has 2 aliphatic carbocycles. The highest BCUT2D eigenvalue weighted by Gasteiger charge is 2.50. The second-order valence-corrected chi connectivity index (χ2v) is 10.0. The van der Waals surface area contributed by atoms with Crippen LogP contribution in [0.15, 0.2) is 82.7 Å². The number of aliphatic imine (C=N–C) groups is 2. The Balaban J connectivity index is 1.97. The number of nitrogens with one attached hydrogen (secondary N) is 1. The molecule has 0 unspecified atom stereocenters. The maximum absolute atomic E-state index is 12.9. The van der Waals surface area contributed by atoms with E-state index >= 15 is 0 Å². The van der Waals surface area contributed by atoms with Crippen LogP contribution in [0.3, 0.4) is 0 Å². The average Bonchev–Trinajstić information content (AvgIpc) is 3.70. The molecular weight excluding hydrogens is 458 g/mol. The predicted molar refractivity (Wildman–Crippen MR) is 156 cm³/mol. The third-order valence-electron chi connectivity index (χ3n) is 7.15. The largest absolute Gasteiger partial charge is 0.493 e. The van der Waals surface area contributed by atoms with Gasteiger partial charge in [0.25, 0.3) is 0 Å². The summed E-state index contributed by atoms with van der Waals surface area (Å²) in [4.78, 5) is 21.8. The average molecular weight is 498 g/mol. The van der Waals surface area contributed by atoms with E-state index in [2.05, 4.69) is 37.0 Å². The van der Waals surface area contributed by atoms with Gasteiger partial charge in [-0.25, -0.2) is 0 Å². The first-order valence-electron chi connectivity index (χ1n) is 13.0. The van der Waals surface area contributed by atoms with Gasteiger partial charge in [-0.3, -0.25) is 14.8 Å². The van der Waals surface area contributed by atoms with Crippen molar-refractivity contribution in [2.24, 2.45) is 21.3 Å². The van der Waals surface area contributed by atoms with Gasteiger partial charge in [-0.15, -0.1) is 0 Å². The van der Waals surface area contributed by atoms with Crippen molar-refractivity contribution in [2.75, 3.05) is 13.7 Å². The van der Waals surface area contributed by atoms with Crippen molar-refractivity contribution >= 4 is 29.0 Å². The number of carbonyl (C=O) groups excluding carboxylic acids is 1.